The molecule has 1 heterocycles. The predicted octanol–water partition coefficient (Wildman–Crippen LogP) is 7.03. The largest absolute Gasteiger partial charge is 0.490 e. The van der Waals surface area contributed by atoms with Gasteiger partial charge in [-0.3, -0.25) is 0 Å². The third-order valence-corrected chi connectivity index (χ3v) is 5.00. The summed E-state index contributed by atoms with van der Waals surface area (Å²) >= 11 is 0. The Labute approximate surface area is 193 Å². The molecule has 0 aliphatic heterocycles. The summed E-state index contributed by atoms with van der Waals surface area (Å²) in [7, 11) is 0. The molecule has 5 nitrogen and oxygen atoms in total. The van der Waals surface area contributed by atoms with E-state index < -0.39 is 0 Å². The molecule has 0 saturated heterocycles. The number of hydrogen-bond donors (Lipinski definition) is 0. The fourth-order valence-corrected chi connectivity index (χ4v) is 3.57. The Hall–Kier alpha value is -4.30. The summed E-state index contributed by atoms with van der Waals surface area (Å²) in [5, 5.41) is 10.0. The lowest BCUT2D eigenvalue weighted by atomic mass is 9.98. The maximum absolute atomic E-state index is 10.0. The first-order valence-corrected chi connectivity index (χ1v) is 10.9. The highest BCUT2D eigenvalue weighted by molar-refractivity contribution is 5.90. The molecule has 164 valence electrons. The smallest absolute Gasteiger partial charge is 0.238 e. The van der Waals surface area contributed by atoms with E-state index >= 15 is 0 Å². The third kappa shape index (κ3) is 4.81. The van der Waals surface area contributed by atoms with Gasteiger partial charge in [0.05, 0.1) is 13.2 Å². The van der Waals surface area contributed by atoms with Crippen LogP contribution in [0.3, 0.4) is 0 Å². The first-order chi connectivity index (χ1) is 16.2. The van der Waals surface area contributed by atoms with Gasteiger partial charge in [-0.2, -0.15) is 5.26 Å². The molecule has 33 heavy (non-hydrogen) atoms. The summed E-state index contributed by atoms with van der Waals surface area (Å²) in [6, 6.07) is 27.4. The Morgan fingerprint density at radius 3 is 2.12 bits per heavy atom. The highest BCUT2D eigenvalue weighted by Gasteiger charge is 2.22. The van der Waals surface area contributed by atoms with E-state index in [9.17, 15) is 5.26 Å². The minimum Gasteiger partial charge on any atom is -0.490 e. The van der Waals surface area contributed by atoms with Gasteiger partial charge in [-0.1, -0.05) is 60.7 Å². The molecule has 0 unspecified atom stereocenters. The van der Waals surface area contributed by atoms with Gasteiger partial charge < -0.3 is 13.9 Å². The van der Waals surface area contributed by atoms with Crippen LogP contribution in [0.4, 0.5) is 5.88 Å². The molecule has 0 aliphatic carbocycles. The monoisotopic (exact) mass is 436 g/mol. The van der Waals surface area contributed by atoms with Gasteiger partial charge in [-0.15, -0.1) is 0 Å². The summed E-state index contributed by atoms with van der Waals surface area (Å²) in [6.45, 7) is 4.93. The molecule has 0 radical (unpaired) electrons. The predicted molar refractivity (Wildman–Crippen MR) is 130 cm³/mol. The molecule has 4 rings (SSSR count). The van der Waals surface area contributed by atoms with Crippen molar-refractivity contribution < 1.29 is 13.9 Å². The first kappa shape index (κ1) is 21.9. The van der Waals surface area contributed by atoms with Crippen LogP contribution in [-0.2, 0) is 0 Å². The van der Waals surface area contributed by atoms with Gasteiger partial charge in [-0.05, 0) is 43.2 Å². The van der Waals surface area contributed by atoms with E-state index in [1.807, 2.05) is 92.7 Å². The lowest BCUT2D eigenvalue weighted by molar-refractivity contribution is 0.288. The van der Waals surface area contributed by atoms with Crippen molar-refractivity contribution in [3.63, 3.8) is 0 Å². The minimum atomic E-state index is 0.266. The zero-order valence-electron chi connectivity index (χ0n) is 18.6. The van der Waals surface area contributed by atoms with Crippen LogP contribution in [0, 0.1) is 11.3 Å². The third-order valence-electron chi connectivity index (χ3n) is 5.00. The lowest BCUT2D eigenvalue weighted by Crippen LogP contribution is -1.99. The molecule has 3 aromatic carbocycles. The van der Waals surface area contributed by atoms with Gasteiger partial charge in [0.2, 0.25) is 5.88 Å². The highest BCUT2D eigenvalue weighted by atomic mass is 16.5. The van der Waals surface area contributed by atoms with Gasteiger partial charge in [0, 0.05) is 17.3 Å². The average molecular weight is 437 g/mol. The standard InChI is InChI=1S/C28H24N2O3/c1-3-31-24-16-15-20(17-25(24)32-4-2)19-30-28-23(18-29)26(21-11-7-5-8-12-21)27(33-28)22-13-9-6-10-14-22/h5-17,19H,3-4H2,1-2H3. The Bertz CT molecular complexity index is 1290. The number of furan rings is 1. The Balaban J connectivity index is 1.79. The van der Waals surface area contributed by atoms with Crippen LogP contribution < -0.4 is 9.47 Å². The summed E-state index contributed by atoms with van der Waals surface area (Å²) in [4.78, 5) is 4.55. The van der Waals surface area contributed by atoms with Crippen LogP contribution in [-0.4, -0.2) is 19.4 Å². The molecule has 4 aromatic rings. The molecular formula is C28H24N2O3. The molecule has 0 amide bonds. The van der Waals surface area contributed by atoms with Crippen molar-refractivity contribution in [3.8, 4) is 40.0 Å². The Morgan fingerprint density at radius 2 is 1.48 bits per heavy atom. The highest BCUT2D eigenvalue weighted by Crippen LogP contribution is 2.42. The van der Waals surface area contributed by atoms with Crippen molar-refractivity contribution in [1.82, 2.24) is 0 Å². The van der Waals surface area contributed by atoms with E-state index in [1.54, 1.807) is 6.21 Å². The van der Waals surface area contributed by atoms with Crippen LogP contribution in [0.25, 0.3) is 22.5 Å². The van der Waals surface area contributed by atoms with Crippen LogP contribution >= 0.6 is 0 Å². The van der Waals surface area contributed by atoms with Gasteiger partial charge in [-0.25, -0.2) is 4.99 Å². The molecule has 0 bridgehead atoms. The van der Waals surface area contributed by atoms with Crippen LogP contribution in [0.1, 0.15) is 25.0 Å². The van der Waals surface area contributed by atoms with Crippen LogP contribution in [0.15, 0.2) is 88.3 Å². The van der Waals surface area contributed by atoms with Crippen molar-refractivity contribution in [3.05, 3.63) is 90.0 Å². The fourth-order valence-electron chi connectivity index (χ4n) is 3.57. The quantitative estimate of drug-likeness (QED) is 0.278. The molecule has 0 atom stereocenters. The average Bonchev–Trinajstić information content (AvgIpc) is 3.24. The second-order valence-corrected chi connectivity index (χ2v) is 7.16. The molecular weight excluding hydrogens is 412 g/mol. The van der Waals surface area contributed by atoms with Gasteiger partial charge >= 0.3 is 0 Å². The van der Waals surface area contributed by atoms with E-state index in [1.165, 1.54) is 0 Å². The van der Waals surface area contributed by atoms with Gasteiger partial charge in [0.25, 0.3) is 0 Å². The van der Waals surface area contributed by atoms with Crippen molar-refractivity contribution in [2.24, 2.45) is 4.99 Å². The molecule has 0 spiro atoms. The summed E-state index contributed by atoms with van der Waals surface area (Å²) in [5.41, 5.74) is 3.72. The van der Waals surface area contributed by atoms with E-state index in [0.717, 1.165) is 22.3 Å². The number of rotatable bonds is 8. The number of benzene rings is 3. The zero-order chi connectivity index (χ0) is 23.0. The number of aliphatic imine (C=N–C) groups is 1. The number of ether oxygens (including phenoxy) is 2. The topological polar surface area (TPSA) is 67.8 Å². The Morgan fingerprint density at radius 1 is 0.848 bits per heavy atom. The second-order valence-electron chi connectivity index (χ2n) is 7.16. The van der Waals surface area contributed by atoms with E-state index in [-0.39, 0.29) is 5.88 Å². The van der Waals surface area contributed by atoms with Crippen LogP contribution in [0.5, 0.6) is 11.5 Å². The van der Waals surface area contributed by atoms with E-state index in [4.69, 9.17) is 13.9 Å². The van der Waals surface area contributed by atoms with E-state index in [0.29, 0.717) is 36.0 Å². The first-order valence-electron chi connectivity index (χ1n) is 10.9. The zero-order valence-corrected chi connectivity index (χ0v) is 18.6. The van der Waals surface area contributed by atoms with Crippen molar-refractivity contribution in [2.45, 2.75) is 13.8 Å². The number of hydrogen-bond acceptors (Lipinski definition) is 5. The van der Waals surface area contributed by atoms with Gasteiger partial charge in [0.15, 0.2) is 11.5 Å². The normalized spacial score (nSPS) is 10.8. The Kier molecular flexibility index (Phi) is 6.87. The summed E-state index contributed by atoms with van der Waals surface area (Å²) in [5.74, 6) is 2.22. The minimum absolute atomic E-state index is 0.266. The number of nitriles is 1. The SMILES string of the molecule is CCOc1ccc(C=Nc2oc(-c3ccccc3)c(-c3ccccc3)c2C#N)cc1OCC. The molecule has 1 aromatic heterocycles. The maximum Gasteiger partial charge on any atom is 0.238 e. The summed E-state index contributed by atoms with van der Waals surface area (Å²) in [6.07, 6.45) is 1.67. The van der Waals surface area contributed by atoms with Crippen molar-refractivity contribution >= 4 is 12.1 Å². The van der Waals surface area contributed by atoms with Crippen molar-refractivity contribution in [1.29, 1.82) is 5.26 Å². The fraction of sp³-hybridized carbons (Fsp3) is 0.143. The van der Waals surface area contributed by atoms with Crippen LogP contribution in [0.2, 0.25) is 0 Å². The van der Waals surface area contributed by atoms with Gasteiger partial charge in [0.1, 0.15) is 17.4 Å². The maximum atomic E-state index is 10.0. The molecule has 0 aliphatic rings. The lowest BCUT2D eigenvalue weighted by Gasteiger charge is -2.10. The van der Waals surface area contributed by atoms with E-state index in [2.05, 4.69) is 11.1 Å². The second kappa shape index (κ2) is 10.3. The molecule has 0 N–H and O–H groups in total. The molecule has 0 saturated carbocycles. The number of nitrogens with zero attached hydrogens (tertiary/aromatic N) is 2. The van der Waals surface area contributed by atoms with Crippen molar-refractivity contribution in [2.75, 3.05) is 13.2 Å². The molecule has 5 heteroatoms. The summed E-state index contributed by atoms with van der Waals surface area (Å²) < 4.78 is 17.5. The molecule has 0 fully saturated rings.